The first-order valence-electron chi connectivity index (χ1n) is 10.5. The van der Waals surface area contributed by atoms with Gasteiger partial charge in [-0.15, -0.1) is 0 Å². The molecule has 0 amide bonds. The lowest BCUT2D eigenvalue weighted by Crippen LogP contribution is -2.53. The molecule has 4 aliphatic carbocycles. The predicted molar refractivity (Wildman–Crippen MR) is 96.7 cm³/mol. The van der Waals surface area contributed by atoms with Crippen LogP contribution in [0.25, 0.3) is 0 Å². The summed E-state index contributed by atoms with van der Waals surface area (Å²) in [6, 6.07) is 0. The van der Waals surface area contributed by atoms with E-state index in [9.17, 15) is 4.79 Å². The fourth-order valence-electron chi connectivity index (χ4n) is 8.07. The number of carbonyl (C=O) groups excluding carboxylic acids is 1. The molecule has 0 unspecified atom stereocenters. The lowest BCUT2D eigenvalue weighted by atomic mass is 9.45. The van der Waals surface area contributed by atoms with E-state index in [1.165, 1.54) is 57.8 Å². The average molecular weight is 333 g/mol. The van der Waals surface area contributed by atoms with Gasteiger partial charge in [0, 0.05) is 13.0 Å². The first-order valence-corrected chi connectivity index (χ1v) is 10.5. The summed E-state index contributed by atoms with van der Waals surface area (Å²) < 4.78 is 5.18. The standard InChI is InChI=1S/C22H36O2/c1-21-12-5-4-6-15(21)7-8-16-17-9-10-19(20(23)14-24-3)22(17,2)13-11-18(16)21/h15-19H,4-14H2,1-3H3/t15-,16+,17-,18+,19+,21+,22-/m1/s1. The maximum atomic E-state index is 12.6. The van der Waals surface area contributed by atoms with Gasteiger partial charge in [0.1, 0.15) is 6.61 Å². The zero-order valence-corrected chi connectivity index (χ0v) is 16.0. The minimum absolute atomic E-state index is 0.259. The quantitative estimate of drug-likeness (QED) is 0.705. The number of ketones is 1. The molecule has 4 saturated carbocycles. The molecule has 0 spiro atoms. The molecule has 0 aromatic carbocycles. The van der Waals surface area contributed by atoms with Gasteiger partial charge in [0.25, 0.3) is 0 Å². The Hall–Kier alpha value is -0.370. The lowest BCUT2D eigenvalue weighted by molar-refractivity contribution is -0.138. The molecule has 0 aliphatic heterocycles. The molecule has 4 aliphatic rings. The molecule has 2 heteroatoms. The highest BCUT2D eigenvalue weighted by Gasteiger charge is 2.60. The number of hydrogen-bond acceptors (Lipinski definition) is 2. The van der Waals surface area contributed by atoms with Crippen LogP contribution in [0.1, 0.15) is 78.1 Å². The summed E-state index contributed by atoms with van der Waals surface area (Å²) in [5, 5.41) is 0. The number of hydrogen-bond donors (Lipinski definition) is 0. The van der Waals surface area contributed by atoms with Crippen molar-refractivity contribution in [3.63, 3.8) is 0 Å². The largest absolute Gasteiger partial charge is 0.377 e. The second kappa shape index (κ2) is 6.11. The minimum atomic E-state index is 0.259. The van der Waals surface area contributed by atoms with Crippen molar-refractivity contribution in [1.82, 2.24) is 0 Å². The fraction of sp³-hybridized carbons (Fsp3) is 0.955. The Bertz CT molecular complexity index is 500. The molecule has 136 valence electrons. The number of ether oxygens (including phenoxy) is 1. The van der Waals surface area contributed by atoms with Crippen LogP contribution in [0.4, 0.5) is 0 Å². The lowest BCUT2D eigenvalue weighted by Gasteiger charge is -2.60. The fourth-order valence-corrected chi connectivity index (χ4v) is 8.07. The molecule has 4 fully saturated rings. The van der Waals surface area contributed by atoms with E-state index in [-0.39, 0.29) is 11.3 Å². The van der Waals surface area contributed by atoms with E-state index in [1.807, 2.05) is 0 Å². The Morgan fingerprint density at radius 2 is 1.71 bits per heavy atom. The van der Waals surface area contributed by atoms with Gasteiger partial charge in [-0.1, -0.05) is 26.7 Å². The molecular weight excluding hydrogens is 296 g/mol. The first kappa shape index (κ1) is 17.1. The van der Waals surface area contributed by atoms with Crippen LogP contribution in [0.15, 0.2) is 0 Å². The van der Waals surface area contributed by atoms with Crippen LogP contribution >= 0.6 is 0 Å². The highest BCUT2D eigenvalue weighted by Crippen LogP contribution is 2.67. The first-order chi connectivity index (χ1) is 11.5. The van der Waals surface area contributed by atoms with E-state index in [1.54, 1.807) is 7.11 Å². The summed E-state index contributed by atoms with van der Waals surface area (Å²) in [5.41, 5.74) is 0.867. The summed E-state index contributed by atoms with van der Waals surface area (Å²) in [6.07, 6.45) is 13.8. The number of methoxy groups -OCH3 is 1. The maximum absolute atomic E-state index is 12.6. The zero-order valence-electron chi connectivity index (χ0n) is 16.0. The van der Waals surface area contributed by atoms with Crippen molar-refractivity contribution in [1.29, 1.82) is 0 Å². The van der Waals surface area contributed by atoms with E-state index in [0.717, 1.165) is 30.1 Å². The maximum Gasteiger partial charge on any atom is 0.162 e. The van der Waals surface area contributed by atoms with Gasteiger partial charge in [-0.2, -0.15) is 0 Å². The third-order valence-electron chi connectivity index (χ3n) is 9.26. The Morgan fingerprint density at radius 3 is 2.50 bits per heavy atom. The summed E-state index contributed by atoms with van der Waals surface area (Å²) in [6.45, 7) is 5.41. The molecule has 2 nitrogen and oxygen atoms in total. The summed E-state index contributed by atoms with van der Waals surface area (Å²) in [5.74, 6) is 4.25. The highest BCUT2D eigenvalue weighted by molar-refractivity contribution is 5.83. The van der Waals surface area contributed by atoms with E-state index < -0.39 is 0 Å². The highest BCUT2D eigenvalue weighted by atomic mass is 16.5. The number of Topliss-reactive ketones (excluding diaryl/α,β-unsaturated/α-hetero) is 1. The van der Waals surface area contributed by atoms with Gasteiger partial charge < -0.3 is 4.74 Å². The van der Waals surface area contributed by atoms with Crippen LogP contribution in [0.5, 0.6) is 0 Å². The molecule has 7 atom stereocenters. The van der Waals surface area contributed by atoms with Crippen LogP contribution in [-0.2, 0) is 9.53 Å². The second-order valence-electron chi connectivity index (χ2n) is 9.98. The summed E-state index contributed by atoms with van der Waals surface area (Å²) >= 11 is 0. The van der Waals surface area contributed by atoms with Gasteiger partial charge in [-0.05, 0) is 85.9 Å². The molecule has 0 radical (unpaired) electrons. The van der Waals surface area contributed by atoms with Crippen molar-refractivity contribution in [3.8, 4) is 0 Å². The normalized spacial score (nSPS) is 50.7. The van der Waals surface area contributed by atoms with Gasteiger partial charge in [0.05, 0.1) is 0 Å². The van der Waals surface area contributed by atoms with Crippen molar-refractivity contribution >= 4 is 5.78 Å². The molecular formula is C22H36O2. The van der Waals surface area contributed by atoms with Crippen molar-refractivity contribution < 1.29 is 9.53 Å². The molecule has 0 saturated heterocycles. The molecule has 0 N–H and O–H groups in total. The molecule has 4 rings (SSSR count). The van der Waals surface area contributed by atoms with Gasteiger partial charge >= 0.3 is 0 Å². The Morgan fingerprint density at radius 1 is 0.917 bits per heavy atom. The molecule has 24 heavy (non-hydrogen) atoms. The topological polar surface area (TPSA) is 26.3 Å². The van der Waals surface area contributed by atoms with Gasteiger partial charge in [-0.3, -0.25) is 4.79 Å². The predicted octanol–water partition coefficient (Wildman–Crippen LogP) is 5.25. The van der Waals surface area contributed by atoms with Crippen molar-refractivity contribution in [2.75, 3.05) is 13.7 Å². The van der Waals surface area contributed by atoms with E-state index in [4.69, 9.17) is 4.74 Å². The van der Waals surface area contributed by atoms with Crippen LogP contribution in [0.3, 0.4) is 0 Å². The monoisotopic (exact) mass is 332 g/mol. The van der Waals surface area contributed by atoms with Crippen molar-refractivity contribution in [2.45, 2.75) is 78.1 Å². The SMILES string of the molecule is COCC(=O)[C@@H]1CC[C@@H]2[C@@H]3CC[C@H]4CCCC[C@]4(C)[C@H]3CC[C@]21C. The van der Waals surface area contributed by atoms with Gasteiger partial charge in [-0.25, -0.2) is 0 Å². The van der Waals surface area contributed by atoms with E-state index in [0.29, 0.717) is 17.8 Å². The zero-order chi connectivity index (χ0) is 16.9. The minimum Gasteiger partial charge on any atom is -0.377 e. The van der Waals surface area contributed by atoms with E-state index >= 15 is 0 Å². The smallest absolute Gasteiger partial charge is 0.162 e. The molecule has 0 aromatic rings. The average Bonchev–Trinajstić information content (AvgIpc) is 2.92. The van der Waals surface area contributed by atoms with Crippen LogP contribution in [0.2, 0.25) is 0 Å². The Balaban J connectivity index is 1.58. The van der Waals surface area contributed by atoms with Crippen LogP contribution in [-0.4, -0.2) is 19.5 Å². The summed E-state index contributed by atoms with van der Waals surface area (Å²) in [7, 11) is 1.66. The number of fused-ring (bicyclic) bond motifs is 5. The third kappa shape index (κ3) is 2.35. The third-order valence-corrected chi connectivity index (χ3v) is 9.26. The van der Waals surface area contributed by atoms with Crippen LogP contribution in [0, 0.1) is 40.4 Å². The van der Waals surface area contributed by atoms with Gasteiger partial charge in [0.15, 0.2) is 5.78 Å². The summed E-state index contributed by atoms with van der Waals surface area (Å²) in [4.78, 5) is 12.6. The molecule has 0 heterocycles. The number of rotatable bonds is 3. The van der Waals surface area contributed by atoms with Crippen LogP contribution < -0.4 is 0 Å². The Labute approximate surface area is 148 Å². The second-order valence-corrected chi connectivity index (χ2v) is 9.98. The molecule has 0 bridgehead atoms. The van der Waals surface area contributed by atoms with Gasteiger partial charge in [0.2, 0.25) is 0 Å². The van der Waals surface area contributed by atoms with Crippen molar-refractivity contribution in [2.24, 2.45) is 40.4 Å². The van der Waals surface area contributed by atoms with Crippen molar-refractivity contribution in [3.05, 3.63) is 0 Å². The Kier molecular flexibility index (Phi) is 4.34. The number of carbonyl (C=O) groups is 1. The van der Waals surface area contributed by atoms with E-state index in [2.05, 4.69) is 13.8 Å². The molecule has 0 aromatic heterocycles.